The van der Waals surface area contributed by atoms with Crippen LogP contribution >= 0.6 is 27.3 Å². The highest BCUT2D eigenvalue weighted by atomic mass is 79.9. The highest BCUT2D eigenvalue weighted by Gasteiger charge is 2.25. The van der Waals surface area contributed by atoms with Crippen molar-refractivity contribution in [3.8, 4) is 0 Å². The molecule has 0 aromatic carbocycles. The molecule has 1 fully saturated rings. The summed E-state index contributed by atoms with van der Waals surface area (Å²) in [4.78, 5) is 1.51. The molecule has 4 heteroatoms. The van der Waals surface area contributed by atoms with Gasteiger partial charge in [0.05, 0.1) is 6.61 Å². The van der Waals surface area contributed by atoms with Crippen molar-refractivity contribution in [2.75, 3.05) is 26.8 Å². The van der Waals surface area contributed by atoms with Crippen molar-refractivity contribution in [3.05, 3.63) is 20.8 Å². The van der Waals surface area contributed by atoms with E-state index in [1.54, 1.807) is 7.11 Å². The third kappa shape index (κ3) is 4.85. The molecule has 1 aliphatic rings. The fourth-order valence-electron chi connectivity index (χ4n) is 3.00. The van der Waals surface area contributed by atoms with Gasteiger partial charge in [-0.3, -0.25) is 0 Å². The van der Waals surface area contributed by atoms with E-state index in [1.165, 1.54) is 41.5 Å². The number of ether oxygens (including phenoxy) is 1. The van der Waals surface area contributed by atoms with Gasteiger partial charge < -0.3 is 10.1 Å². The number of hydrogen-bond donors (Lipinski definition) is 1. The van der Waals surface area contributed by atoms with Crippen LogP contribution in [0, 0.1) is 11.8 Å². The molecule has 1 unspecified atom stereocenters. The molecule has 2 nitrogen and oxygen atoms in total. The number of rotatable bonds is 8. The van der Waals surface area contributed by atoms with Crippen molar-refractivity contribution in [1.82, 2.24) is 5.32 Å². The van der Waals surface area contributed by atoms with Crippen LogP contribution in [0.1, 0.15) is 30.6 Å². The first-order valence-corrected chi connectivity index (χ1v) is 8.90. The summed E-state index contributed by atoms with van der Waals surface area (Å²) in [5.41, 5.74) is 0. The zero-order valence-electron chi connectivity index (χ0n) is 11.7. The average Bonchev–Trinajstić information content (AvgIpc) is 3.05. The summed E-state index contributed by atoms with van der Waals surface area (Å²) in [6.07, 6.45) is 6.89. The Bertz CT molecular complexity index is 363. The van der Waals surface area contributed by atoms with Gasteiger partial charge >= 0.3 is 0 Å². The van der Waals surface area contributed by atoms with E-state index in [9.17, 15) is 0 Å². The van der Waals surface area contributed by atoms with E-state index in [0.29, 0.717) is 0 Å². The lowest BCUT2D eigenvalue weighted by molar-refractivity contribution is 0.195. The molecule has 1 atom stereocenters. The Hall–Kier alpha value is 0.100. The summed E-state index contributed by atoms with van der Waals surface area (Å²) < 4.78 is 6.40. The molecule has 19 heavy (non-hydrogen) atoms. The number of nitrogens with one attached hydrogen (secondary N) is 1. The molecular weight excluding hydrogens is 322 g/mol. The van der Waals surface area contributed by atoms with Crippen LogP contribution < -0.4 is 5.32 Å². The van der Waals surface area contributed by atoms with Gasteiger partial charge in [-0.15, -0.1) is 11.3 Å². The van der Waals surface area contributed by atoms with Crippen molar-refractivity contribution in [1.29, 1.82) is 0 Å². The van der Waals surface area contributed by atoms with E-state index in [0.717, 1.165) is 31.5 Å². The van der Waals surface area contributed by atoms with Crippen LogP contribution in [0.15, 0.2) is 15.9 Å². The average molecular weight is 346 g/mol. The van der Waals surface area contributed by atoms with Gasteiger partial charge in [0.1, 0.15) is 0 Å². The maximum absolute atomic E-state index is 5.11. The van der Waals surface area contributed by atoms with Crippen LogP contribution in [0.2, 0.25) is 0 Å². The summed E-state index contributed by atoms with van der Waals surface area (Å²) in [5, 5.41) is 5.74. The van der Waals surface area contributed by atoms with Gasteiger partial charge in [-0.2, -0.15) is 0 Å². The van der Waals surface area contributed by atoms with Crippen molar-refractivity contribution in [3.63, 3.8) is 0 Å². The predicted molar refractivity (Wildman–Crippen MR) is 85.9 cm³/mol. The third-order valence-corrected chi connectivity index (χ3v) is 6.04. The van der Waals surface area contributed by atoms with Gasteiger partial charge in [0.2, 0.25) is 0 Å². The Morgan fingerprint density at radius 3 is 2.89 bits per heavy atom. The van der Waals surface area contributed by atoms with Crippen LogP contribution in [-0.4, -0.2) is 26.8 Å². The zero-order chi connectivity index (χ0) is 13.5. The maximum Gasteiger partial charge on any atom is 0.0587 e. The van der Waals surface area contributed by atoms with E-state index in [2.05, 4.69) is 32.7 Å². The van der Waals surface area contributed by atoms with Crippen LogP contribution in [0.3, 0.4) is 0 Å². The van der Waals surface area contributed by atoms with Gasteiger partial charge in [-0.05, 0) is 52.2 Å². The first kappa shape index (κ1) is 15.5. The van der Waals surface area contributed by atoms with Crippen LogP contribution in [0.4, 0.5) is 0 Å². The van der Waals surface area contributed by atoms with E-state index >= 15 is 0 Å². The first-order valence-electron chi connectivity index (χ1n) is 7.22. The second-order valence-electron chi connectivity index (χ2n) is 5.40. The third-order valence-electron chi connectivity index (χ3n) is 4.09. The van der Waals surface area contributed by atoms with Crippen molar-refractivity contribution in [2.24, 2.45) is 11.8 Å². The van der Waals surface area contributed by atoms with Gasteiger partial charge in [0.25, 0.3) is 0 Å². The molecule has 1 heterocycles. The molecule has 1 aromatic heterocycles. The van der Waals surface area contributed by atoms with Gasteiger partial charge in [0, 0.05) is 23.0 Å². The van der Waals surface area contributed by atoms with Gasteiger partial charge in [0.15, 0.2) is 0 Å². The highest BCUT2D eigenvalue weighted by molar-refractivity contribution is 9.10. The van der Waals surface area contributed by atoms with Crippen LogP contribution in [0.5, 0.6) is 0 Å². The molecule has 1 aliphatic carbocycles. The molecule has 108 valence electrons. The number of thiophene rings is 1. The second-order valence-corrected chi connectivity index (χ2v) is 7.25. The van der Waals surface area contributed by atoms with E-state index in [4.69, 9.17) is 4.74 Å². The Kier molecular flexibility index (Phi) is 6.85. The molecule has 0 spiro atoms. The Labute approximate surface area is 129 Å². The SMILES string of the molecule is COCCNCC(Cc1sccc1Br)C1CCCC1. The fraction of sp³-hybridized carbons (Fsp3) is 0.733. The predicted octanol–water partition coefficient (Wildman–Crippen LogP) is 4.10. The van der Waals surface area contributed by atoms with E-state index < -0.39 is 0 Å². The maximum atomic E-state index is 5.11. The quantitative estimate of drug-likeness (QED) is 0.716. The number of halogens is 1. The minimum Gasteiger partial charge on any atom is -0.383 e. The molecule has 0 saturated heterocycles. The first-order chi connectivity index (χ1) is 9.31. The fourth-order valence-corrected chi connectivity index (χ4v) is 4.61. The normalized spacial score (nSPS) is 18.0. The topological polar surface area (TPSA) is 21.3 Å². The standard InChI is InChI=1S/C15H24BrNOS/c1-18-8-7-17-11-13(12-4-2-3-5-12)10-15-14(16)6-9-19-15/h6,9,12-13,17H,2-5,7-8,10-11H2,1H3. The van der Waals surface area contributed by atoms with Gasteiger partial charge in [-0.25, -0.2) is 0 Å². The van der Waals surface area contributed by atoms with Crippen molar-refractivity contribution < 1.29 is 4.74 Å². The van der Waals surface area contributed by atoms with Crippen LogP contribution in [-0.2, 0) is 11.2 Å². The lowest BCUT2D eigenvalue weighted by atomic mass is 9.87. The Morgan fingerprint density at radius 2 is 2.26 bits per heavy atom. The molecule has 0 radical (unpaired) electrons. The van der Waals surface area contributed by atoms with E-state index in [-0.39, 0.29) is 0 Å². The minimum atomic E-state index is 0.773. The summed E-state index contributed by atoms with van der Waals surface area (Å²) in [6.45, 7) is 2.89. The molecule has 2 rings (SSSR count). The summed E-state index contributed by atoms with van der Waals surface area (Å²) in [6, 6.07) is 2.17. The lowest BCUT2D eigenvalue weighted by Crippen LogP contribution is -2.31. The van der Waals surface area contributed by atoms with E-state index in [1.807, 2.05) is 11.3 Å². The second kappa shape index (κ2) is 8.40. The Balaban J connectivity index is 1.88. The highest BCUT2D eigenvalue weighted by Crippen LogP contribution is 2.35. The monoisotopic (exact) mass is 345 g/mol. The molecule has 1 N–H and O–H groups in total. The van der Waals surface area contributed by atoms with Gasteiger partial charge in [-0.1, -0.05) is 25.7 Å². The molecule has 1 saturated carbocycles. The largest absolute Gasteiger partial charge is 0.383 e. The smallest absolute Gasteiger partial charge is 0.0587 e. The molecule has 1 aromatic rings. The minimum absolute atomic E-state index is 0.773. The van der Waals surface area contributed by atoms with Crippen LogP contribution in [0.25, 0.3) is 0 Å². The lowest BCUT2D eigenvalue weighted by Gasteiger charge is -2.23. The Morgan fingerprint density at radius 1 is 1.47 bits per heavy atom. The summed E-state index contributed by atoms with van der Waals surface area (Å²) in [7, 11) is 1.76. The summed E-state index contributed by atoms with van der Waals surface area (Å²) >= 11 is 5.55. The van der Waals surface area contributed by atoms with Crippen molar-refractivity contribution in [2.45, 2.75) is 32.1 Å². The molecular formula is C15H24BrNOS. The molecule has 0 bridgehead atoms. The number of hydrogen-bond acceptors (Lipinski definition) is 3. The summed E-state index contributed by atoms with van der Waals surface area (Å²) in [5.74, 6) is 1.68. The number of methoxy groups -OCH3 is 1. The molecule has 0 amide bonds. The van der Waals surface area contributed by atoms with Crippen molar-refractivity contribution >= 4 is 27.3 Å². The zero-order valence-corrected chi connectivity index (χ0v) is 14.1. The molecule has 0 aliphatic heterocycles.